The predicted molar refractivity (Wildman–Crippen MR) is 73.5 cm³/mol. The zero-order chi connectivity index (χ0) is 13.2. The van der Waals surface area contributed by atoms with Crippen molar-refractivity contribution in [1.29, 1.82) is 0 Å². The maximum atomic E-state index is 12.4. The fraction of sp³-hybridized carbons (Fsp3) is 0.455. The van der Waals surface area contributed by atoms with Crippen molar-refractivity contribution in [2.24, 2.45) is 0 Å². The van der Waals surface area contributed by atoms with Crippen molar-refractivity contribution < 1.29 is 13.2 Å². The Morgan fingerprint density at radius 2 is 2.00 bits per heavy atom. The lowest BCUT2D eigenvalue weighted by Gasteiger charge is -2.26. The van der Waals surface area contributed by atoms with Gasteiger partial charge in [0.05, 0.1) is 12.8 Å². The molecule has 1 fully saturated rings. The second-order valence-corrected chi connectivity index (χ2v) is 7.05. The van der Waals surface area contributed by atoms with E-state index in [-0.39, 0.29) is 10.6 Å². The highest BCUT2D eigenvalue weighted by Gasteiger charge is 2.27. The van der Waals surface area contributed by atoms with E-state index in [2.05, 4.69) is 0 Å². The zero-order valence-corrected chi connectivity index (χ0v) is 11.8. The molecule has 0 spiro atoms. The van der Waals surface area contributed by atoms with Gasteiger partial charge in [-0.1, -0.05) is 0 Å². The van der Waals surface area contributed by atoms with Crippen LogP contribution >= 0.6 is 11.8 Å². The van der Waals surface area contributed by atoms with Crippen LogP contribution < -0.4 is 10.5 Å². The topological polar surface area (TPSA) is 72.6 Å². The van der Waals surface area contributed by atoms with Crippen LogP contribution in [0.15, 0.2) is 23.1 Å². The summed E-state index contributed by atoms with van der Waals surface area (Å²) in [5, 5.41) is 0. The van der Waals surface area contributed by atoms with Crippen LogP contribution in [0, 0.1) is 0 Å². The lowest BCUT2D eigenvalue weighted by Crippen LogP contribution is -2.38. The van der Waals surface area contributed by atoms with E-state index in [9.17, 15) is 8.42 Å². The summed E-state index contributed by atoms with van der Waals surface area (Å²) in [4.78, 5) is 0.162. The average molecular weight is 288 g/mol. The Hall–Kier alpha value is -0.920. The molecular formula is C11H16N2O3S2. The van der Waals surface area contributed by atoms with Gasteiger partial charge in [-0.15, -0.1) is 0 Å². The van der Waals surface area contributed by atoms with Crippen LogP contribution in [-0.4, -0.2) is 44.4 Å². The number of hydrogen-bond donors (Lipinski definition) is 1. The van der Waals surface area contributed by atoms with Gasteiger partial charge in [0.15, 0.2) is 0 Å². The number of methoxy groups -OCH3 is 1. The van der Waals surface area contributed by atoms with Gasteiger partial charge in [0.1, 0.15) is 10.6 Å². The van der Waals surface area contributed by atoms with Gasteiger partial charge in [0.2, 0.25) is 10.0 Å². The van der Waals surface area contributed by atoms with E-state index < -0.39 is 10.0 Å². The van der Waals surface area contributed by atoms with Crippen molar-refractivity contribution in [3.8, 4) is 5.75 Å². The summed E-state index contributed by atoms with van der Waals surface area (Å²) in [5.74, 6) is 2.21. The Labute approximate surface area is 111 Å². The molecule has 0 aliphatic carbocycles. The lowest BCUT2D eigenvalue weighted by atomic mass is 10.3. The number of thioether (sulfide) groups is 1. The van der Waals surface area contributed by atoms with E-state index in [4.69, 9.17) is 10.5 Å². The van der Waals surface area contributed by atoms with Gasteiger partial charge < -0.3 is 10.5 Å². The number of nitrogen functional groups attached to an aromatic ring is 1. The van der Waals surface area contributed by atoms with Crippen LogP contribution in [0.3, 0.4) is 0 Å². The highest BCUT2D eigenvalue weighted by molar-refractivity contribution is 7.99. The number of nitrogens with zero attached hydrogens (tertiary/aromatic N) is 1. The Balaban J connectivity index is 2.34. The normalized spacial score (nSPS) is 17.6. The van der Waals surface area contributed by atoms with Crippen LogP contribution in [-0.2, 0) is 10.0 Å². The summed E-state index contributed by atoms with van der Waals surface area (Å²) in [6, 6.07) is 4.65. The smallest absolute Gasteiger partial charge is 0.245 e. The summed E-state index contributed by atoms with van der Waals surface area (Å²) in [6.07, 6.45) is 0. The average Bonchev–Trinajstić information content (AvgIpc) is 2.39. The molecule has 18 heavy (non-hydrogen) atoms. The fourth-order valence-corrected chi connectivity index (χ4v) is 4.49. The van der Waals surface area contributed by atoms with Crippen molar-refractivity contribution in [2.45, 2.75) is 4.90 Å². The minimum absolute atomic E-state index is 0.162. The Kier molecular flexibility index (Phi) is 4.04. The third-order valence-electron chi connectivity index (χ3n) is 2.80. The largest absolute Gasteiger partial charge is 0.497 e. The molecule has 1 aliphatic rings. The van der Waals surface area contributed by atoms with Crippen LogP contribution in [0.5, 0.6) is 5.75 Å². The fourth-order valence-electron chi connectivity index (χ4n) is 1.81. The Morgan fingerprint density at radius 1 is 1.33 bits per heavy atom. The van der Waals surface area contributed by atoms with Crippen molar-refractivity contribution in [1.82, 2.24) is 4.31 Å². The van der Waals surface area contributed by atoms with Crippen LogP contribution in [0.25, 0.3) is 0 Å². The van der Waals surface area contributed by atoms with Gasteiger partial charge in [-0.2, -0.15) is 16.1 Å². The maximum absolute atomic E-state index is 12.4. The van der Waals surface area contributed by atoms with Crippen molar-refractivity contribution in [2.75, 3.05) is 37.4 Å². The number of nitrogens with two attached hydrogens (primary N) is 1. The first-order valence-corrected chi connectivity index (χ1v) is 8.16. The third kappa shape index (κ3) is 2.57. The summed E-state index contributed by atoms with van der Waals surface area (Å²) in [5.41, 5.74) is 6.03. The summed E-state index contributed by atoms with van der Waals surface area (Å²) in [6.45, 7) is 1.08. The molecule has 1 aromatic carbocycles. The molecule has 0 radical (unpaired) electrons. The third-order valence-corrected chi connectivity index (χ3v) is 5.72. The number of rotatable bonds is 3. The molecule has 1 heterocycles. The first kappa shape index (κ1) is 13.5. The molecule has 5 nitrogen and oxygen atoms in total. The first-order valence-electron chi connectivity index (χ1n) is 5.57. The van der Waals surface area contributed by atoms with E-state index in [1.54, 1.807) is 17.8 Å². The highest BCUT2D eigenvalue weighted by Crippen LogP contribution is 2.27. The zero-order valence-electron chi connectivity index (χ0n) is 10.1. The molecule has 0 bridgehead atoms. The number of hydrogen-bond acceptors (Lipinski definition) is 5. The minimum atomic E-state index is -3.48. The highest BCUT2D eigenvalue weighted by atomic mass is 32.2. The van der Waals surface area contributed by atoms with E-state index in [1.807, 2.05) is 0 Å². The number of anilines is 1. The lowest BCUT2D eigenvalue weighted by molar-refractivity contribution is 0.414. The van der Waals surface area contributed by atoms with E-state index in [0.717, 1.165) is 11.5 Å². The number of sulfonamides is 1. The quantitative estimate of drug-likeness (QED) is 0.841. The molecule has 1 aliphatic heterocycles. The maximum Gasteiger partial charge on any atom is 0.245 e. The molecule has 0 saturated carbocycles. The molecule has 1 aromatic rings. The van der Waals surface area contributed by atoms with Gasteiger partial charge in [-0.3, -0.25) is 0 Å². The van der Waals surface area contributed by atoms with Crippen LogP contribution in [0.2, 0.25) is 0 Å². The Morgan fingerprint density at radius 3 is 2.56 bits per heavy atom. The van der Waals surface area contributed by atoms with E-state index >= 15 is 0 Å². The van der Waals surface area contributed by atoms with Gasteiger partial charge in [0.25, 0.3) is 0 Å². The molecule has 0 aromatic heterocycles. The molecule has 0 atom stereocenters. The van der Waals surface area contributed by atoms with Gasteiger partial charge >= 0.3 is 0 Å². The molecule has 100 valence electrons. The molecular weight excluding hydrogens is 272 g/mol. The van der Waals surface area contributed by atoms with E-state index in [1.165, 1.54) is 23.5 Å². The van der Waals surface area contributed by atoms with Crippen molar-refractivity contribution in [3.05, 3.63) is 18.2 Å². The van der Waals surface area contributed by atoms with E-state index in [0.29, 0.717) is 18.8 Å². The summed E-state index contributed by atoms with van der Waals surface area (Å²) < 4.78 is 31.3. The standard InChI is InChI=1S/C11H16N2O3S2/c1-16-9-2-3-11(10(12)8-9)18(14,15)13-4-6-17-7-5-13/h2-3,8H,4-7,12H2,1H3. The monoisotopic (exact) mass is 288 g/mol. The minimum Gasteiger partial charge on any atom is -0.497 e. The van der Waals surface area contributed by atoms with Crippen molar-refractivity contribution >= 4 is 27.5 Å². The molecule has 0 unspecified atom stereocenters. The molecule has 1 saturated heterocycles. The molecule has 2 rings (SSSR count). The van der Waals surface area contributed by atoms with Gasteiger partial charge in [-0.25, -0.2) is 8.42 Å². The molecule has 0 amide bonds. The van der Waals surface area contributed by atoms with Crippen molar-refractivity contribution in [3.63, 3.8) is 0 Å². The second-order valence-electron chi connectivity index (χ2n) is 3.92. The SMILES string of the molecule is COc1ccc(S(=O)(=O)N2CCSCC2)c(N)c1. The van der Waals surface area contributed by atoms with Crippen LogP contribution in [0.4, 0.5) is 5.69 Å². The van der Waals surface area contributed by atoms with Crippen LogP contribution in [0.1, 0.15) is 0 Å². The Bertz CT molecular complexity index is 525. The second kappa shape index (κ2) is 5.38. The number of ether oxygens (including phenoxy) is 1. The van der Waals surface area contributed by atoms with Gasteiger partial charge in [0, 0.05) is 30.7 Å². The first-order chi connectivity index (χ1) is 8.55. The number of benzene rings is 1. The summed E-state index contributed by atoms with van der Waals surface area (Å²) in [7, 11) is -1.96. The summed E-state index contributed by atoms with van der Waals surface area (Å²) >= 11 is 1.76. The molecule has 2 N–H and O–H groups in total. The van der Waals surface area contributed by atoms with Gasteiger partial charge in [-0.05, 0) is 12.1 Å². The predicted octanol–water partition coefficient (Wildman–Crippen LogP) is 1.01. The molecule has 7 heteroatoms.